The lowest BCUT2D eigenvalue weighted by Crippen LogP contribution is -2.23. The lowest BCUT2D eigenvalue weighted by Gasteiger charge is -2.03. The van der Waals surface area contributed by atoms with Gasteiger partial charge in [0.25, 0.3) is 17.6 Å². The average Bonchev–Trinajstić information content (AvgIpc) is 2.78. The summed E-state index contributed by atoms with van der Waals surface area (Å²) in [5, 5.41) is 6.24. The van der Waals surface area contributed by atoms with Gasteiger partial charge >= 0.3 is 0 Å². The molecule has 3 N–H and O–H groups in total. The Bertz CT molecular complexity index is 557. The van der Waals surface area contributed by atoms with Gasteiger partial charge < -0.3 is 15.6 Å². The number of aryl methyl sites for hydroxylation is 1. The number of hydrogen-bond donors (Lipinski definition) is 2. The molecule has 2 rings (SSSR count). The smallest absolute Gasteiger partial charge is 0.292 e. The van der Waals surface area contributed by atoms with Crippen LogP contribution in [0.4, 0.5) is 5.69 Å². The maximum atomic E-state index is 11.5. The first-order valence-electron chi connectivity index (χ1n) is 5.60. The van der Waals surface area contributed by atoms with E-state index >= 15 is 0 Å². The fourth-order valence-electron chi connectivity index (χ4n) is 1.64. The molecule has 0 radical (unpaired) electrons. The van der Waals surface area contributed by atoms with Gasteiger partial charge in [-0.2, -0.15) is 4.98 Å². The van der Waals surface area contributed by atoms with E-state index in [-0.39, 0.29) is 17.6 Å². The fourth-order valence-corrected chi connectivity index (χ4v) is 1.64. The van der Waals surface area contributed by atoms with E-state index in [1.165, 1.54) is 0 Å². The van der Waals surface area contributed by atoms with Gasteiger partial charge in [-0.3, -0.25) is 4.79 Å². The van der Waals surface area contributed by atoms with Crippen LogP contribution in [0, 0.1) is 6.92 Å². The van der Waals surface area contributed by atoms with Crippen LogP contribution in [0.25, 0.3) is 11.5 Å². The van der Waals surface area contributed by atoms with E-state index in [0.717, 1.165) is 5.56 Å². The molecular weight excluding hydrogens is 232 g/mol. The number of aromatic nitrogens is 2. The number of amides is 1. The molecule has 1 amide bonds. The number of carbonyl (C=O) groups excluding carboxylic acids is 1. The van der Waals surface area contributed by atoms with Gasteiger partial charge in [0.1, 0.15) is 0 Å². The molecule has 1 heterocycles. The standard InChI is InChI=1S/C12H14N4O2/c1-3-14-11(17)10-15-12(18-16-10)9-7(2)5-4-6-8(9)13/h4-6H,3,13H2,1-2H3,(H,14,17). The Morgan fingerprint density at radius 2 is 2.28 bits per heavy atom. The highest BCUT2D eigenvalue weighted by atomic mass is 16.5. The second-order valence-corrected chi connectivity index (χ2v) is 3.82. The number of nitrogens with two attached hydrogens (primary N) is 1. The van der Waals surface area contributed by atoms with E-state index in [2.05, 4.69) is 15.5 Å². The van der Waals surface area contributed by atoms with Crippen molar-refractivity contribution >= 4 is 11.6 Å². The Hall–Kier alpha value is -2.37. The molecule has 0 atom stereocenters. The van der Waals surface area contributed by atoms with Gasteiger partial charge in [0.2, 0.25) is 0 Å². The van der Waals surface area contributed by atoms with Gasteiger partial charge in [0.05, 0.1) is 5.56 Å². The topological polar surface area (TPSA) is 94.0 Å². The second-order valence-electron chi connectivity index (χ2n) is 3.82. The van der Waals surface area contributed by atoms with Crippen molar-refractivity contribution in [2.24, 2.45) is 0 Å². The summed E-state index contributed by atoms with van der Waals surface area (Å²) in [4.78, 5) is 15.6. The molecule has 0 aliphatic carbocycles. The molecule has 94 valence electrons. The number of nitrogens with one attached hydrogen (secondary N) is 1. The zero-order valence-electron chi connectivity index (χ0n) is 10.2. The third kappa shape index (κ3) is 2.17. The van der Waals surface area contributed by atoms with Crippen LogP contribution < -0.4 is 11.1 Å². The lowest BCUT2D eigenvalue weighted by atomic mass is 10.1. The fraction of sp³-hybridized carbons (Fsp3) is 0.250. The highest BCUT2D eigenvalue weighted by Crippen LogP contribution is 2.27. The van der Waals surface area contributed by atoms with E-state index in [4.69, 9.17) is 10.3 Å². The SMILES string of the molecule is CCNC(=O)c1noc(-c2c(C)cccc2N)n1. The van der Waals surface area contributed by atoms with Gasteiger partial charge in [-0.05, 0) is 25.5 Å². The lowest BCUT2D eigenvalue weighted by molar-refractivity contribution is 0.0942. The zero-order valence-corrected chi connectivity index (χ0v) is 10.2. The van der Waals surface area contributed by atoms with Crippen molar-refractivity contribution in [3.05, 3.63) is 29.6 Å². The van der Waals surface area contributed by atoms with Gasteiger partial charge in [-0.15, -0.1) is 0 Å². The van der Waals surface area contributed by atoms with Crippen LogP contribution in [0.2, 0.25) is 0 Å². The molecule has 18 heavy (non-hydrogen) atoms. The van der Waals surface area contributed by atoms with E-state index in [1.807, 2.05) is 26.0 Å². The Morgan fingerprint density at radius 3 is 2.94 bits per heavy atom. The molecule has 1 aromatic heterocycles. The van der Waals surface area contributed by atoms with Crippen LogP contribution in [0.5, 0.6) is 0 Å². The summed E-state index contributed by atoms with van der Waals surface area (Å²) in [6, 6.07) is 5.48. The summed E-state index contributed by atoms with van der Waals surface area (Å²) in [6.45, 7) is 4.22. The van der Waals surface area contributed by atoms with E-state index in [9.17, 15) is 4.79 Å². The molecule has 0 saturated heterocycles. The van der Waals surface area contributed by atoms with Gasteiger partial charge in [-0.25, -0.2) is 0 Å². The first-order chi connectivity index (χ1) is 8.63. The van der Waals surface area contributed by atoms with Crippen molar-refractivity contribution in [3.63, 3.8) is 0 Å². The van der Waals surface area contributed by atoms with Crippen molar-refractivity contribution in [3.8, 4) is 11.5 Å². The molecular formula is C12H14N4O2. The Labute approximate surface area is 104 Å². The number of anilines is 1. The normalized spacial score (nSPS) is 10.3. The molecule has 0 fully saturated rings. The number of nitrogens with zero attached hydrogens (tertiary/aromatic N) is 2. The van der Waals surface area contributed by atoms with Crippen molar-refractivity contribution in [2.45, 2.75) is 13.8 Å². The minimum absolute atomic E-state index is 0.00880. The summed E-state index contributed by atoms with van der Waals surface area (Å²) in [5.74, 6) is -0.0963. The Kier molecular flexibility index (Phi) is 3.27. The van der Waals surface area contributed by atoms with Gasteiger partial charge in [0, 0.05) is 12.2 Å². The summed E-state index contributed by atoms with van der Waals surface area (Å²) < 4.78 is 5.08. The summed E-state index contributed by atoms with van der Waals surface area (Å²) in [5.41, 5.74) is 8.00. The van der Waals surface area contributed by atoms with Crippen LogP contribution >= 0.6 is 0 Å². The van der Waals surface area contributed by atoms with Crippen molar-refractivity contribution in [2.75, 3.05) is 12.3 Å². The first-order valence-corrected chi connectivity index (χ1v) is 5.60. The quantitative estimate of drug-likeness (QED) is 0.798. The number of rotatable bonds is 3. The minimum atomic E-state index is -0.361. The van der Waals surface area contributed by atoms with Gasteiger partial charge in [0.15, 0.2) is 0 Å². The largest absolute Gasteiger partial charge is 0.398 e. The maximum absolute atomic E-state index is 11.5. The number of nitrogen functional groups attached to an aromatic ring is 1. The summed E-state index contributed by atoms with van der Waals surface area (Å²) in [6.07, 6.45) is 0. The molecule has 1 aromatic carbocycles. The molecule has 0 aliphatic rings. The van der Waals surface area contributed by atoms with E-state index in [1.54, 1.807) is 6.07 Å². The highest BCUT2D eigenvalue weighted by molar-refractivity contribution is 5.90. The molecule has 0 saturated carbocycles. The molecule has 2 aromatic rings. The highest BCUT2D eigenvalue weighted by Gasteiger charge is 2.17. The molecule has 0 bridgehead atoms. The van der Waals surface area contributed by atoms with Crippen LogP contribution in [-0.4, -0.2) is 22.6 Å². The van der Waals surface area contributed by atoms with Crippen LogP contribution in [0.15, 0.2) is 22.7 Å². The third-order valence-electron chi connectivity index (χ3n) is 2.49. The van der Waals surface area contributed by atoms with Crippen LogP contribution in [0.1, 0.15) is 23.1 Å². The monoisotopic (exact) mass is 246 g/mol. The van der Waals surface area contributed by atoms with E-state index in [0.29, 0.717) is 17.8 Å². The third-order valence-corrected chi connectivity index (χ3v) is 2.49. The molecule has 6 nitrogen and oxygen atoms in total. The maximum Gasteiger partial charge on any atom is 0.292 e. The van der Waals surface area contributed by atoms with Crippen molar-refractivity contribution in [1.82, 2.24) is 15.5 Å². The van der Waals surface area contributed by atoms with E-state index < -0.39 is 0 Å². The van der Waals surface area contributed by atoms with Crippen molar-refractivity contribution in [1.29, 1.82) is 0 Å². The van der Waals surface area contributed by atoms with Crippen LogP contribution in [-0.2, 0) is 0 Å². The van der Waals surface area contributed by atoms with Crippen LogP contribution in [0.3, 0.4) is 0 Å². The van der Waals surface area contributed by atoms with Crippen molar-refractivity contribution < 1.29 is 9.32 Å². The number of benzene rings is 1. The Balaban J connectivity index is 2.38. The average molecular weight is 246 g/mol. The first kappa shape index (κ1) is 12.1. The summed E-state index contributed by atoms with van der Waals surface area (Å²) >= 11 is 0. The molecule has 0 aliphatic heterocycles. The predicted molar refractivity (Wildman–Crippen MR) is 66.9 cm³/mol. The minimum Gasteiger partial charge on any atom is -0.398 e. The summed E-state index contributed by atoms with van der Waals surface area (Å²) in [7, 11) is 0. The van der Waals surface area contributed by atoms with Gasteiger partial charge in [-0.1, -0.05) is 17.3 Å². The second kappa shape index (κ2) is 4.87. The number of hydrogen-bond acceptors (Lipinski definition) is 5. The molecule has 6 heteroatoms. The molecule has 0 unspecified atom stereocenters. The Morgan fingerprint density at radius 1 is 1.50 bits per heavy atom. The number of carbonyl (C=O) groups is 1. The zero-order chi connectivity index (χ0) is 13.1. The predicted octanol–water partition coefficient (Wildman–Crippen LogP) is 1.38. The molecule has 0 spiro atoms.